The maximum Gasteiger partial charge on any atom is 0.291 e. The van der Waals surface area contributed by atoms with Crippen molar-refractivity contribution in [3.8, 4) is 16.9 Å². The van der Waals surface area contributed by atoms with Gasteiger partial charge in [-0.1, -0.05) is 17.7 Å². The molecule has 3 N–H and O–H groups in total. The van der Waals surface area contributed by atoms with E-state index >= 15 is 0 Å². The molecule has 1 aliphatic rings. The number of rotatable bonds is 8. The van der Waals surface area contributed by atoms with Crippen LogP contribution in [-0.2, 0) is 9.53 Å². The molecule has 3 heterocycles. The van der Waals surface area contributed by atoms with Crippen molar-refractivity contribution in [2.24, 2.45) is 0 Å². The molecule has 4 rings (SSSR count). The average molecular weight is 509 g/mol. The lowest BCUT2D eigenvalue weighted by atomic mass is 10.1. The fourth-order valence-electron chi connectivity index (χ4n) is 3.37. The van der Waals surface area contributed by atoms with Crippen LogP contribution in [0, 0.1) is 0 Å². The van der Waals surface area contributed by atoms with Crippen LogP contribution < -0.4 is 15.8 Å². The van der Waals surface area contributed by atoms with Crippen molar-refractivity contribution in [3.05, 3.63) is 71.4 Å². The molecule has 1 aromatic carbocycles. The lowest BCUT2D eigenvalue weighted by Gasteiger charge is -2.25. The maximum absolute atomic E-state index is 12.5. The summed E-state index contributed by atoms with van der Waals surface area (Å²) in [7, 11) is 0. The number of nitrogens with one attached hydrogen (secondary N) is 1. The van der Waals surface area contributed by atoms with E-state index in [0.717, 1.165) is 16.7 Å². The van der Waals surface area contributed by atoms with Gasteiger partial charge in [-0.05, 0) is 41.5 Å². The Morgan fingerprint density at radius 1 is 1.08 bits per heavy atom. The van der Waals surface area contributed by atoms with E-state index in [1.54, 1.807) is 53.8 Å². The first-order valence-electron chi connectivity index (χ1n) is 11.3. The number of morpholine rings is 1. The number of amides is 2. The van der Waals surface area contributed by atoms with Gasteiger partial charge >= 0.3 is 0 Å². The molecule has 11 heteroatoms. The number of nitrogens with two attached hydrogens (primary N) is 1. The standard InChI is InChI=1S/C25H25ClN6O4/c26-20-13-18(19-15-30-24(31-16-19)25(34)32-8-11-35-12-9-32)3-4-21(20)36-10-7-28-23(33)6-2-17-1-5-22(27)29-14-17/h1-6,13-16H,7-12H2,(H2,27,29)(H,28,33)/b6-2+. The Balaban J connectivity index is 1.26. The lowest BCUT2D eigenvalue weighted by Crippen LogP contribution is -2.41. The summed E-state index contributed by atoms with van der Waals surface area (Å²) in [5.41, 5.74) is 7.81. The Labute approximate surface area is 213 Å². The minimum atomic E-state index is -0.257. The summed E-state index contributed by atoms with van der Waals surface area (Å²) in [6.07, 6.45) is 7.83. The third-order valence-electron chi connectivity index (χ3n) is 5.30. The van der Waals surface area contributed by atoms with Crippen molar-refractivity contribution in [2.75, 3.05) is 45.2 Å². The van der Waals surface area contributed by atoms with Crippen LogP contribution in [0.2, 0.25) is 5.02 Å². The van der Waals surface area contributed by atoms with Gasteiger partial charge in [0.25, 0.3) is 5.91 Å². The van der Waals surface area contributed by atoms with E-state index < -0.39 is 0 Å². The first-order chi connectivity index (χ1) is 17.5. The lowest BCUT2D eigenvalue weighted by molar-refractivity contribution is -0.116. The Bertz CT molecular complexity index is 1230. The normalized spacial score (nSPS) is 13.5. The van der Waals surface area contributed by atoms with Crippen LogP contribution in [-0.4, -0.2) is 71.1 Å². The highest BCUT2D eigenvalue weighted by Gasteiger charge is 2.20. The molecule has 1 aliphatic heterocycles. The van der Waals surface area contributed by atoms with Crippen LogP contribution in [0.1, 0.15) is 16.2 Å². The molecule has 0 aliphatic carbocycles. The minimum Gasteiger partial charge on any atom is -0.490 e. The molecule has 2 aromatic heterocycles. The van der Waals surface area contributed by atoms with Crippen LogP contribution in [0.15, 0.2) is 55.0 Å². The third kappa shape index (κ3) is 6.77. The quantitative estimate of drug-likeness (QED) is 0.350. The van der Waals surface area contributed by atoms with Crippen LogP contribution in [0.3, 0.4) is 0 Å². The number of hydrogen-bond acceptors (Lipinski definition) is 8. The number of anilines is 1. The first kappa shape index (κ1) is 25.1. The van der Waals surface area contributed by atoms with E-state index in [1.165, 1.54) is 6.08 Å². The Hall–Kier alpha value is -4.02. The van der Waals surface area contributed by atoms with Crippen LogP contribution in [0.4, 0.5) is 5.82 Å². The summed E-state index contributed by atoms with van der Waals surface area (Å²) in [5.74, 6) is 0.582. The summed E-state index contributed by atoms with van der Waals surface area (Å²) in [4.78, 5) is 38.5. The van der Waals surface area contributed by atoms with E-state index in [2.05, 4.69) is 20.3 Å². The summed E-state index contributed by atoms with van der Waals surface area (Å²) in [6.45, 7) is 2.63. The fourth-order valence-corrected chi connectivity index (χ4v) is 3.61. The Kier molecular flexibility index (Phi) is 8.43. The SMILES string of the molecule is Nc1ccc(/C=C/C(=O)NCCOc2ccc(-c3cnc(C(=O)N4CCOCC4)nc3)cc2Cl)cn1. The zero-order valence-electron chi connectivity index (χ0n) is 19.4. The van der Waals surface area contributed by atoms with E-state index in [-0.39, 0.29) is 24.2 Å². The van der Waals surface area contributed by atoms with Crippen LogP contribution in [0.25, 0.3) is 17.2 Å². The number of pyridine rings is 1. The van der Waals surface area contributed by atoms with Crippen molar-refractivity contribution in [2.45, 2.75) is 0 Å². The van der Waals surface area contributed by atoms with Gasteiger partial charge in [-0.15, -0.1) is 0 Å². The van der Waals surface area contributed by atoms with E-state index in [9.17, 15) is 9.59 Å². The smallest absolute Gasteiger partial charge is 0.291 e. The molecule has 0 saturated carbocycles. The van der Waals surface area contributed by atoms with Gasteiger partial charge in [0.1, 0.15) is 18.2 Å². The number of carbonyl (C=O) groups excluding carboxylic acids is 2. The molecule has 0 radical (unpaired) electrons. The second-order valence-corrected chi connectivity index (χ2v) is 8.24. The molecule has 1 saturated heterocycles. The maximum atomic E-state index is 12.5. The molecule has 0 unspecified atom stereocenters. The highest BCUT2D eigenvalue weighted by Crippen LogP contribution is 2.30. The predicted molar refractivity (Wildman–Crippen MR) is 135 cm³/mol. The molecule has 3 aromatic rings. The van der Waals surface area contributed by atoms with Crippen molar-refractivity contribution in [1.82, 2.24) is 25.2 Å². The van der Waals surface area contributed by atoms with Crippen LogP contribution in [0.5, 0.6) is 5.75 Å². The number of carbonyl (C=O) groups is 2. The molecular formula is C25H25ClN6O4. The van der Waals surface area contributed by atoms with Crippen molar-refractivity contribution < 1.29 is 19.1 Å². The van der Waals surface area contributed by atoms with E-state index in [4.69, 9.17) is 26.8 Å². The van der Waals surface area contributed by atoms with Gasteiger partial charge in [0.2, 0.25) is 11.7 Å². The fraction of sp³-hybridized carbons (Fsp3) is 0.240. The van der Waals surface area contributed by atoms with Gasteiger partial charge in [0.05, 0.1) is 24.8 Å². The second kappa shape index (κ2) is 12.1. The molecule has 186 valence electrons. The summed E-state index contributed by atoms with van der Waals surface area (Å²) in [5, 5.41) is 3.14. The highest BCUT2D eigenvalue weighted by atomic mass is 35.5. The first-order valence-corrected chi connectivity index (χ1v) is 11.7. The van der Waals surface area contributed by atoms with Crippen molar-refractivity contribution in [3.63, 3.8) is 0 Å². The van der Waals surface area contributed by atoms with E-state index in [1.807, 2.05) is 6.07 Å². The van der Waals surface area contributed by atoms with Gasteiger partial charge < -0.3 is 25.4 Å². The highest BCUT2D eigenvalue weighted by molar-refractivity contribution is 6.32. The largest absolute Gasteiger partial charge is 0.490 e. The monoisotopic (exact) mass is 508 g/mol. The molecule has 0 atom stereocenters. The number of hydrogen-bond donors (Lipinski definition) is 2. The molecule has 1 fully saturated rings. The summed E-state index contributed by atoms with van der Waals surface area (Å²) in [6, 6.07) is 8.73. The molecule has 36 heavy (non-hydrogen) atoms. The second-order valence-electron chi connectivity index (χ2n) is 7.83. The van der Waals surface area contributed by atoms with Gasteiger partial charge in [0, 0.05) is 43.3 Å². The van der Waals surface area contributed by atoms with Crippen molar-refractivity contribution in [1.29, 1.82) is 0 Å². The van der Waals surface area contributed by atoms with E-state index in [0.29, 0.717) is 49.4 Å². The number of halogens is 1. The number of benzene rings is 1. The molecule has 2 amide bonds. The zero-order chi connectivity index (χ0) is 25.3. The third-order valence-corrected chi connectivity index (χ3v) is 5.60. The number of ether oxygens (including phenoxy) is 2. The van der Waals surface area contributed by atoms with Gasteiger partial charge in [-0.2, -0.15) is 0 Å². The predicted octanol–water partition coefficient (Wildman–Crippen LogP) is 2.46. The van der Waals surface area contributed by atoms with Gasteiger partial charge in [0.15, 0.2) is 0 Å². The van der Waals surface area contributed by atoms with Crippen molar-refractivity contribution >= 4 is 35.3 Å². The topological polar surface area (TPSA) is 133 Å². The average Bonchev–Trinajstić information content (AvgIpc) is 2.91. The summed E-state index contributed by atoms with van der Waals surface area (Å²) >= 11 is 6.38. The van der Waals surface area contributed by atoms with Gasteiger partial charge in [-0.3, -0.25) is 9.59 Å². The van der Waals surface area contributed by atoms with Gasteiger partial charge in [-0.25, -0.2) is 15.0 Å². The molecular weight excluding hydrogens is 484 g/mol. The number of nitrogen functional groups attached to an aromatic ring is 1. The minimum absolute atomic E-state index is 0.147. The number of nitrogens with zero attached hydrogens (tertiary/aromatic N) is 4. The molecule has 0 spiro atoms. The van der Waals surface area contributed by atoms with Crippen LogP contribution >= 0.6 is 11.6 Å². The summed E-state index contributed by atoms with van der Waals surface area (Å²) < 4.78 is 11.0. The molecule has 0 bridgehead atoms. The number of aromatic nitrogens is 3. The Morgan fingerprint density at radius 3 is 2.56 bits per heavy atom. The Morgan fingerprint density at radius 2 is 1.86 bits per heavy atom. The zero-order valence-corrected chi connectivity index (χ0v) is 20.1. The molecule has 10 nitrogen and oxygen atoms in total.